The second-order valence-corrected chi connectivity index (χ2v) is 9.42. The smallest absolute Gasteiger partial charge is 0.317 e. The zero-order valence-electron chi connectivity index (χ0n) is 19.8. The highest BCUT2D eigenvalue weighted by atomic mass is 16.2. The summed E-state index contributed by atoms with van der Waals surface area (Å²) in [6.07, 6.45) is 3.34. The molecule has 3 heterocycles. The van der Waals surface area contributed by atoms with Crippen molar-refractivity contribution in [3.8, 4) is 0 Å². The van der Waals surface area contributed by atoms with Gasteiger partial charge >= 0.3 is 6.03 Å². The molecule has 0 radical (unpaired) electrons. The van der Waals surface area contributed by atoms with Gasteiger partial charge in [-0.2, -0.15) is 14.6 Å². The molecule has 2 aromatic carbocycles. The predicted molar refractivity (Wildman–Crippen MR) is 135 cm³/mol. The van der Waals surface area contributed by atoms with Gasteiger partial charge in [-0.1, -0.05) is 60.7 Å². The number of benzene rings is 2. The van der Waals surface area contributed by atoms with Gasteiger partial charge in [-0.05, 0) is 24.5 Å². The second-order valence-electron chi connectivity index (χ2n) is 9.42. The van der Waals surface area contributed by atoms with Crippen LogP contribution in [-0.2, 0) is 6.42 Å². The number of hydrogen-bond donors (Lipinski definition) is 1. The number of anilines is 1. The Balaban J connectivity index is 1.16. The van der Waals surface area contributed by atoms with Crippen LogP contribution in [0.3, 0.4) is 0 Å². The number of piperazine rings is 1. The minimum absolute atomic E-state index is 0.0365. The minimum atomic E-state index is 0.0365. The maximum Gasteiger partial charge on any atom is 0.317 e. The first kappa shape index (κ1) is 21.6. The Labute approximate surface area is 204 Å². The van der Waals surface area contributed by atoms with Gasteiger partial charge in [0.05, 0.1) is 0 Å². The van der Waals surface area contributed by atoms with E-state index in [2.05, 4.69) is 68.8 Å². The number of aryl methyl sites for hydroxylation is 1. The maximum atomic E-state index is 13.0. The molecule has 1 aliphatic carbocycles. The summed E-state index contributed by atoms with van der Waals surface area (Å²) in [5.74, 6) is 2.07. The van der Waals surface area contributed by atoms with E-state index in [0.29, 0.717) is 24.8 Å². The maximum absolute atomic E-state index is 13.0. The molecule has 178 valence electrons. The van der Waals surface area contributed by atoms with Crippen molar-refractivity contribution in [3.63, 3.8) is 0 Å². The van der Waals surface area contributed by atoms with Gasteiger partial charge in [-0.25, -0.2) is 9.78 Å². The average molecular weight is 468 g/mol. The molecule has 1 saturated carbocycles. The van der Waals surface area contributed by atoms with Crippen LogP contribution >= 0.6 is 0 Å². The first-order chi connectivity index (χ1) is 17.2. The minimum Gasteiger partial charge on any atom is -0.353 e. The van der Waals surface area contributed by atoms with E-state index in [1.165, 1.54) is 11.1 Å². The molecule has 8 nitrogen and oxygen atoms in total. The summed E-state index contributed by atoms with van der Waals surface area (Å²) in [5.41, 5.74) is 4.65. The Morgan fingerprint density at radius 1 is 1.00 bits per heavy atom. The van der Waals surface area contributed by atoms with Crippen molar-refractivity contribution in [3.05, 3.63) is 89.4 Å². The Morgan fingerprint density at radius 3 is 2.46 bits per heavy atom. The van der Waals surface area contributed by atoms with Gasteiger partial charge in [0.1, 0.15) is 12.1 Å². The van der Waals surface area contributed by atoms with Crippen LogP contribution in [0, 0.1) is 6.92 Å². The highest BCUT2D eigenvalue weighted by Gasteiger charge is 2.40. The molecule has 1 N–H and O–H groups in total. The van der Waals surface area contributed by atoms with E-state index in [0.717, 1.165) is 43.0 Å². The van der Waals surface area contributed by atoms with Crippen molar-refractivity contribution in [2.75, 3.05) is 31.1 Å². The highest BCUT2D eigenvalue weighted by molar-refractivity contribution is 5.75. The van der Waals surface area contributed by atoms with E-state index in [9.17, 15) is 4.79 Å². The van der Waals surface area contributed by atoms with Gasteiger partial charge in [-0.15, -0.1) is 0 Å². The predicted octanol–water partition coefficient (Wildman–Crippen LogP) is 3.41. The van der Waals surface area contributed by atoms with E-state index in [1.807, 2.05) is 28.5 Å². The lowest BCUT2D eigenvalue weighted by atomic mass is 10.0. The summed E-state index contributed by atoms with van der Waals surface area (Å²) in [5, 5.41) is 7.72. The molecule has 0 spiro atoms. The third-order valence-corrected chi connectivity index (χ3v) is 7.12. The van der Waals surface area contributed by atoms with Crippen molar-refractivity contribution < 1.29 is 4.79 Å². The number of fused-ring (bicyclic) bond motifs is 1. The molecule has 0 bridgehead atoms. The van der Waals surface area contributed by atoms with Crippen LogP contribution in [0.4, 0.5) is 10.6 Å². The van der Waals surface area contributed by atoms with Crippen molar-refractivity contribution in [2.24, 2.45) is 0 Å². The van der Waals surface area contributed by atoms with Crippen LogP contribution < -0.4 is 10.2 Å². The first-order valence-electron chi connectivity index (χ1n) is 12.3. The number of carbonyl (C=O) groups excluding carboxylic acids is 1. The molecule has 0 unspecified atom stereocenters. The molecular formula is C27H29N7O. The first-order valence-corrected chi connectivity index (χ1v) is 12.3. The van der Waals surface area contributed by atoms with E-state index < -0.39 is 0 Å². The standard InChI is InChI=1S/C27H29N7O/c1-19-22(16-20-8-4-2-5-9-20)25(34-26(30-19)28-18-29-34)32-12-14-33(15-13-32)27(35)31-24-17-23(24)21-10-6-3-7-11-21/h2-11,18,23-24H,12-17H2,1H3,(H,31,35)/t23-,24+/m0/s1. The fourth-order valence-corrected chi connectivity index (χ4v) is 5.09. The monoisotopic (exact) mass is 467 g/mol. The number of urea groups is 1. The zero-order chi connectivity index (χ0) is 23.8. The molecular weight excluding hydrogens is 438 g/mol. The van der Waals surface area contributed by atoms with Gasteiger partial charge in [0.25, 0.3) is 5.78 Å². The van der Waals surface area contributed by atoms with Gasteiger partial charge in [0.2, 0.25) is 0 Å². The molecule has 1 aliphatic heterocycles. The third-order valence-electron chi connectivity index (χ3n) is 7.12. The summed E-state index contributed by atoms with van der Waals surface area (Å²) >= 11 is 0. The molecule has 2 atom stereocenters. The number of nitrogens with one attached hydrogen (secondary N) is 1. The molecule has 35 heavy (non-hydrogen) atoms. The largest absolute Gasteiger partial charge is 0.353 e. The van der Waals surface area contributed by atoms with Crippen LogP contribution in [0.1, 0.15) is 34.7 Å². The third kappa shape index (κ3) is 4.32. The van der Waals surface area contributed by atoms with Crippen LogP contribution in [0.15, 0.2) is 67.0 Å². The molecule has 2 fully saturated rings. The van der Waals surface area contributed by atoms with E-state index in [4.69, 9.17) is 4.98 Å². The van der Waals surface area contributed by atoms with Crippen LogP contribution in [0.2, 0.25) is 0 Å². The normalized spacial score (nSPS) is 19.7. The lowest BCUT2D eigenvalue weighted by Gasteiger charge is -2.37. The number of nitrogens with zero attached hydrogens (tertiary/aromatic N) is 6. The lowest BCUT2D eigenvalue weighted by molar-refractivity contribution is 0.193. The molecule has 2 aromatic heterocycles. The summed E-state index contributed by atoms with van der Waals surface area (Å²) in [6.45, 7) is 4.84. The molecule has 8 heteroatoms. The number of carbonyl (C=O) groups is 1. The topological polar surface area (TPSA) is 78.7 Å². The Hall–Kier alpha value is -3.94. The van der Waals surface area contributed by atoms with Crippen LogP contribution in [-0.4, -0.2) is 62.7 Å². The summed E-state index contributed by atoms with van der Waals surface area (Å²) in [7, 11) is 0. The number of rotatable bonds is 5. The lowest BCUT2D eigenvalue weighted by Crippen LogP contribution is -2.53. The molecule has 4 aromatic rings. The summed E-state index contributed by atoms with van der Waals surface area (Å²) in [4.78, 5) is 26.2. The van der Waals surface area contributed by atoms with E-state index in [1.54, 1.807) is 6.33 Å². The van der Waals surface area contributed by atoms with E-state index in [-0.39, 0.29) is 12.1 Å². The van der Waals surface area contributed by atoms with Gasteiger partial charge in [0, 0.05) is 55.8 Å². The van der Waals surface area contributed by atoms with Crippen molar-refractivity contribution in [1.82, 2.24) is 29.8 Å². The second kappa shape index (κ2) is 9.02. The SMILES string of the molecule is Cc1nc2ncnn2c(N2CCN(C(=O)N[C@@H]3C[C@H]3c3ccccc3)CC2)c1Cc1ccccc1. The Kier molecular flexibility index (Phi) is 5.56. The number of amides is 2. The average Bonchev–Trinajstić information content (AvgIpc) is 3.51. The number of aromatic nitrogens is 4. The van der Waals surface area contributed by atoms with Gasteiger partial charge in [-0.3, -0.25) is 0 Å². The van der Waals surface area contributed by atoms with Crippen LogP contribution in [0.5, 0.6) is 0 Å². The molecule has 2 aliphatic rings. The quantitative estimate of drug-likeness (QED) is 0.487. The molecule has 6 rings (SSSR count). The zero-order valence-corrected chi connectivity index (χ0v) is 19.8. The van der Waals surface area contributed by atoms with Crippen molar-refractivity contribution in [2.45, 2.75) is 31.7 Å². The Bertz CT molecular complexity index is 1330. The van der Waals surface area contributed by atoms with E-state index >= 15 is 0 Å². The van der Waals surface area contributed by atoms with Crippen molar-refractivity contribution >= 4 is 17.6 Å². The van der Waals surface area contributed by atoms with Crippen molar-refractivity contribution in [1.29, 1.82) is 0 Å². The fourth-order valence-electron chi connectivity index (χ4n) is 5.09. The summed E-state index contributed by atoms with van der Waals surface area (Å²) in [6, 6.07) is 21.1. The molecule has 1 saturated heterocycles. The number of hydrogen-bond acceptors (Lipinski definition) is 5. The fraction of sp³-hybridized carbons (Fsp3) is 0.333. The highest BCUT2D eigenvalue weighted by Crippen LogP contribution is 2.40. The molecule has 2 amide bonds. The van der Waals surface area contributed by atoms with Gasteiger partial charge < -0.3 is 15.1 Å². The van der Waals surface area contributed by atoms with Gasteiger partial charge in [0.15, 0.2) is 0 Å². The summed E-state index contributed by atoms with van der Waals surface area (Å²) < 4.78 is 1.84. The van der Waals surface area contributed by atoms with Crippen LogP contribution in [0.25, 0.3) is 5.78 Å². The Morgan fingerprint density at radius 2 is 1.71 bits per heavy atom.